The molecular formula is C25H25Cl2F3N6O. The topological polar surface area (TPSA) is 79.7 Å². The molecule has 5 rings (SSSR count). The average Bonchev–Trinajstić information content (AvgIpc) is 3.50. The zero-order valence-corrected chi connectivity index (χ0v) is 21.8. The van der Waals surface area contributed by atoms with E-state index in [4.69, 9.17) is 23.2 Å². The maximum atomic E-state index is 13.4. The zero-order valence-electron chi connectivity index (χ0n) is 20.2. The lowest BCUT2D eigenvalue weighted by Crippen LogP contribution is -2.38. The van der Waals surface area contributed by atoms with Crippen molar-refractivity contribution in [1.29, 1.82) is 0 Å². The number of rotatable bonds is 4. The summed E-state index contributed by atoms with van der Waals surface area (Å²) in [5.41, 5.74) is 2.55. The first-order valence-electron chi connectivity index (χ1n) is 12.0. The average molecular weight is 553 g/mol. The molecule has 3 heterocycles. The second-order valence-corrected chi connectivity index (χ2v) is 10.5. The molecule has 2 aliphatic rings. The van der Waals surface area contributed by atoms with Gasteiger partial charge in [0.25, 0.3) is 5.91 Å². The summed E-state index contributed by atoms with van der Waals surface area (Å²) in [6.45, 7) is 2.85. The first kappa shape index (κ1) is 25.8. The summed E-state index contributed by atoms with van der Waals surface area (Å²) in [4.78, 5) is 15.1. The highest BCUT2D eigenvalue weighted by Gasteiger charge is 2.38. The van der Waals surface area contributed by atoms with Crippen molar-refractivity contribution < 1.29 is 18.0 Å². The van der Waals surface area contributed by atoms with Gasteiger partial charge in [0.2, 0.25) is 0 Å². The highest BCUT2D eigenvalue weighted by atomic mass is 35.5. The number of hydrogen-bond donors (Lipinski definition) is 1. The Morgan fingerprint density at radius 1 is 1.22 bits per heavy atom. The molecule has 1 saturated heterocycles. The third kappa shape index (κ3) is 4.88. The van der Waals surface area contributed by atoms with Crippen molar-refractivity contribution in [3.05, 3.63) is 67.7 Å². The number of aromatic amines is 1. The molecule has 1 unspecified atom stereocenters. The van der Waals surface area contributed by atoms with Crippen LogP contribution in [-0.2, 0) is 13.5 Å². The Morgan fingerprint density at radius 2 is 1.95 bits per heavy atom. The second-order valence-electron chi connectivity index (χ2n) is 9.71. The number of carbonyl (C=O) groups is 1. The van der Waals surface area contributed by atoms with Gasteiger partial charge in [0.05, 0.1) is 10.6 Å². The maximum absolute atomic E-state index is 13.4. The molecule has 2 aromatic heterocycles. The molecular weight excluding hydrogens is 528 g/mol. The molecule has 1 fully saturated rings. The van der Waals surface area contributed by atoms with Crippen LogP contribution in [0.1, 0.15) is 76.7 Å². The number of hydrogen-bond acceptors (Lipinski definition) is 4. The summed E-state index contributed by atoms with van der Waals surface area (Å²) < 4.78 is 42.0. The van der Waals surface area contributed by atoms with Crippen LogP contribution in [-0.4, -0.2) is 55.3 Å². The summed E-state index contributed by atoms with van der Waals surface area (Å²) in [5, 5.41) is 14.8. The number of carbonyl (C=O) groups excluding carboxylic acids is 1. The molecule has 1 aliphatic carbocycles. The molecule has 1 N–H and O–H groups in total. The van der Waals surface area contributed by atoms with Gasteiger partial charge < -0.3 is 9.47 Å². The van der Waals surface area contributed by atoms with Crippen molar-refractivity contribution in [2.75, 3.05) is 13.1 Å². The first-order chi connectivity index (χ1) is 17.5. The molecule has 1 amide bonds. The quantitative estimate of drug-likeness (QED) is 0.436. The molecule has 1 atom stereocenters. The number of halogens is 5. The maximum Gasteiger partial charge on any atom is 0.412 e. The predicted octanol–water partition coefficient (Wildman–Crippen LogP) is 5.91. The molecule has 0 radical (unpaired) electrons. The lowest BCUT2D eigenvalue weighted by molar-refractivity contribution is -0.0937. The summed E-state index contributed by atoms with van der Waals surface area (Å²) in [6.07, 6.45) is -1.50. The smallest absolute Gasteiger partial charge is 0.348 e. The third-order valence-corrected chi connectivity index (χ3v) is 8.21. The predicted molar refractivity (Wildman–Crippen MR) is 134 cm³/mol. The van der Waals surface area contributed by atoms with Crippen LogP contribution in [0.25, 0.3) is 6.08 Å². The Labute approximate surface area is 221 Å². The van der Waals surface area contributed by atoms with Crippen LogP contribution in [0.5, 0.6) is 0 Å². The zero-order chi connectivity index (χ0) is 26.5. The van der Waals surface area contributed by atoms with E-state index in [0.717, 1.165) is 11.3 Å². The molecule has 0 bridgehead atoms. The Morgan fingerprint density at radius 3 is 2.59 bits per heavy atom. The van der Waals surface area contributed by atoms with E-state index >= 15 is 0 Å². The number of benzene rings is 1. The summed E-state index contributed by atoms with van der Waals surface area (Å²) >= 11 is 13.3. The minimum Gasteiger partial charge on any atom is -0.348 e. The van der Waals surface area contributed by atoms with E-state index < -0.39 is 11.7 Å². The summed E-state index contributed by atoms with van der Waals surface area (Å²) in [5.74, 6) is 0.324. The largest absolute Gasteiger partial charge is 0.412 e. The Hall–Kier alpha value is -2.85. The lowest BCUT2D eigenvalue weighted by Gasteiger charge is -2.31. The Balaban J connectivity index is 1.39. The molecule has 3 aromatic rings. The minimum atomic E-state index is -4.36. The molecule has 37 heavy (non-hydrogen) atoms. The van der Waals surface area contributed by atoms with E-state index in [-0.39, 0.29) is 35.6 Å². The minimum absolute atomic E-state index is 0.0606. The third-order valence-electron chi connectivity index (χ3n) is 7.43. The number of H-pyrrole nitrogens is 1. The number of alkyl halides is 3. The van der Waals surface area contributed by atoms with Gasteiger partial charge in [-0.3, -0.25) is 4.79 Å². The van der Waals surface area contributed by atoms with Gasteiger partial charge in [0, 0.05) is 54.5 Å². The number of allylic oxidation sites excluding steroid dienone is 1. The van der Waals surface area contributed by atoms with Crippen molar-refractivity contribution in [1.82, 2.24) is 30.1 Å². The first-order valence-corrected chi connectivity index (χ1v) is 12.8. The van der Waals surface area contributed by atoms with Crippen LogP contribution in [0.4, 0.5) is 13.2 Å². The second kappa shape index (κ2) is 9.79. The fourth-order valence-electron chi connectivity index (χ4n) is 5.26. The van der Waals surface area contributed by atoms with Gasteiger partial charge in [0.1, 0.15) is 0 Å². The molecule has 0 spiro atoms. The highest BCUT2D eigenvalue weighted by molar-refractivity contribution is 6.38. The number of likely N-dealkylation sites (tertiary alicyclic amines) is 1. The van der Waals surface area contributed by atoms with Crippen molar-refractivity contribution >= 4 is 35.2 Å². The summed E-state index contributed by atoms with van der Waals surface area (Å²) in [6, 6.07) is 5.18. The molecule has 12 heteroatoms. The highest BCUT2D eigenvalue weighted by Crippen LogP contribution is 2.42. The number of nitrogens with zero attached hydrogens (tertiary/aromatic N) is 5. The molecule has 1 aromatic carbocycles. The van der Waals surface area contributed by atoms with Crippen molar-refractivity contribution in [2.24, 2.45) is 7.05 Å². The van der Waals surface area contributed by atoms with Crippen molar-refractivity contribution in [3.63, 3.8) is 0 Å². The van der Waals surface area contributed by atoms with Gasteiger partial charge in [-0.1, -0.05) is 35.3 Å². The standard InChI is InChI=1S/C25H25Cl2F3N6O/c1-13-9-15(25(28,29)30)10-21-18(13)11-16(35(21)2)12-19-20(26)4-3-17(22(19)27)24(37)36-7-5-14(6-8-36)23-31-33-34-32-23/h3-4,10-11,13-14H,5-9,12H2,1-2H3,(H,31,32,33,34). The number of nitrogens with one attached hydrogen (secondary N) is 1. The van der Waals surface area contributed by atoms with Crippen LogP contribution in [0.3, 0.4) is 0 Å². The van der Waals surface area contributed by atoms with Gasteiger partial charge in [-0.2, -0.15) is 18.4 Å². The van der Waals surface area contributed by atoms with Gasteiger partial charge >= 0.3 is 6.18 Å². The van der Waals surface area contributed by atoms with E-state index in [9.17, 15) is 18.0 Å². The number of tetrazole rings is 1. The fourth-order valence-corrected chi connectivity index (χ4v) is 5.85. The van der Waals surface area contributed by atoms with Crippen molar-refractivity contribution in [3.8, 4) is 0 Å². The van der Waals surface area contributed by atoms with Crippen LogP contribution < -0.4 is 0 Å². The fraction of sp³-hybridized carbons (Fsp3) is 0.440. The molecule has 1 aliphatic heterocycles. The van der Waals surface area contributed by atoms with E-state index in [2.05, 4.69) is 20.6 Å². The van der Waals surface area contributed by atoms with Gasteiger partial charge in [-0.05, 0) is 60.6 Å². The van der Waals surface area contributed by atoms with Gasteiger partial charge in [-0.15, -0.1) is 10.2 Å². The normalized spacial score (nSPS) is 18.6. The Bertz CT molecular complexity index is 1360. The van der Waals surface area contributed by atoms with E-state index in [0.29, 0.717) is 53.6 Å². The van der Waals surface area contributed by atoms with Gasteiger partial charge in [0.15, 0.2) is 5.82 Å². The van der Waals surface area contributed by atoms with Crippen LogP contribution in [0.15, 0.2) is 23.8 Å². The SMILES string of the molecule is CC1CC(C(F)(F)F)=Cc2c1cc(Cc1c(Cl)ccc(C(=O)N3CCC(c4nn[nH]n4)CC3)c1Cl)n2C. The number of piperidine rings is 1. The number of aromatic nitrogens is 5. The van der Waals surface area contributed by atoms with E-state index in [1.165, 1.54) is 6.08 Å². The molecule has 0 saturated carbocycles. The number of fused-ring (bicyclic) bond motifs is 1. The number of amides is 1. The van der Waals surface area contributed by atoms with Gasteiger partial charge in [-0.25, -0.2) is 0 Å². The molecule has 7 nitrogen and oxygen atoms in total. The van der Waals surface area contributed by atoms with Crippen LogP contribution in [0, 0.1) is 0 Å². The van der Waals surface area contributed by atoms with E-state index in [1.807, 2.05) is 6.07 Å². The Kier molecular flexibility index (Phi) is 6.83. The van der Waals surface area contributed by atoms with Crippen LogP contribution >= 0.6 is 23.2 Å². The summed E-state index contributed by atoms with van der Waals surface area (Å²) in [7, 11) is 1.74. The molecule has 196 valence electrons. The monoisotopic (exact) mass is 552 g/mol. The van der Waals surface area contributed by atoms with Crippen molar-refractivity contribution in [2.45, 2.75) is 50.6 Å². The van der Waals surface area contributed by atoms with Crippen LogP contribution in [0.2, 0.25) is 10.0 Å². The van der Waals surface area contributed by atoms with E-state index in [1.54, 1.807) is 35.6 Å². The lowest BCUT2D eigenvalue weighted by atomic mass is 9.87.